The summed E-state index contributed by atoms with van der Waals surface area (Å²) >= 11 is 0. The summed E-state index contributed by atoms with van der Waals surface area (Å²) in [6.07, 6.45) is 2.03. The molecule has 2 nitrogen and oxygen atoms in total. The van der Waals surface area contributed by atoms with Crippen molar-refractivity contribution in [1.29, 1.82) is 0 Å². The molecule has 0 aliphatic heterocycles. The van der Waals surface area contributed by atoms with Crippen LogP contribution >= 0.6 is 0 Å². The third-order valence-electron chi connectivity index (χ3n) is 1.87. The molecule has 0 aromatic carbocycles. The Morgan fingerprint density at radius 3 is 2.77 bits per heavy atom. The van der Waals surface area contributed by atoms with Crippen LogP contribution in [0.15, 0.2) is 18.3 Å². The van der Waals surface area contributed by atoms with Crippen molar-refractivity contribution in [3.8, 4) is 0 Å². The summed E-state index contributed by atoms with van der Waals surface area (Å²) in [5.41, 5.74) is 0.444. The van der Waals surface area contributed by atoms with Crippen LogP contribution in [-0.2, 0) is 6.42 Å². The van der Waals surface area contributed by atoms with Gasteiger partial charge >= 0.3 is 0 Å². The maximum Gasteiger partial charge on any atom is 0.126 e. The van der Waals surface area contributed by atoms with Gasteiger partial charge in [0.05, 0.1) is 0 Å². The van der Waals surface area contributed by atoms with E-state index in [1.165, 1.54) is 18.3 Å². The summed E-state index contributed by atoms with van der Waals surface area (Å²) in [4.78, 5) is 4.02. The van der Waals surface area contributed by atoms with Crippen LogP contribution in [0.5, 0.6) is 0 Å². The Labute approximate surface area is 77.4 Å². The molecule has 0 aliphatic carbocycles. The van der Waals surface area contributed by atoms with E-state index in [1.54, 1.807) is 0 Å². The topological polar surface area (TPSA) is 33.1 Å². The lowest BCUT2D eigenvalue weighted by Gasteiger charge is -2.20. The number of aromatic nitrogens is 1. The van der Waals surface area contributed by atoms with Crippen LogP contribution in [-0.4, -0.2) is 16.7 Å². The molecule has 72 valence electrons. The summed E-state index contributed by atoms with van der Waals surface area (Å²) < 4.78 is 12.7. The van der Waals surface area contributed by atoms with Gasteiger partial charge in [0.15, 0.2) is 0 Å². The van der Waals surface area contributed by atoms with E-state index in [2.05, 4.69) is 4.98 Å². The van der Waals surface area contributed by atoms with Crippen LogP contribution in [0.1, 0.15) is 19.5 Å². The van der Waals surface area contributed by atoms with E-state index in [0.717, 1.165) is 0 Å². The number of hydrogen-bond acceptors (Lipinski definition) is 2. The third-order valence-corrected chi connectivity index (χ3v) is 1.87. The first-order chi connectivity index (χ1) is 6.03. The fraction of sp³-hybridized carbons (Fsp3) is 0.500. The second kappa shape index (κ2) is 3.83. The first kappa shape index (κ1) is 10.1. The Kier molecular flexibility index (Phi) is 2.98. The van der Waals surface area contributed by atoms with E-state index in [0.29, 0.717) is 12.1 Å². The van der Waals surface area contributed by atoms with Crippen molar-refractivity contribution in [2.24, 2.45) is 5.41 Å². The molecule has 0 unspecified atom stereocenters. The average Bonchev–Trinajstić information content (AvgIpc) is 2.03. The predicted molar refractivity (Wildman–Crippen MR) is 48.8 cm³/mol. The molecule has 1 rings (SSSR count). The minimum atomic E-state index is -0.279. The number of pyridine rings is 1. The van der Waals surface area contributed by atoms with Gasteiger partial charge in [-0.3, -0.25) is 4.98 Å². The van der Waals surface area contributed by atoms with Crippen LogP contribution in [0.25, 0.3) is 0 Å². The second-order valence-electron chi connectivity index (χ2n) is 3.96. The zero-order chi connectivity index (χ0) is 9.90. The van der Waals surface area contributed by atoms with Crippen LogP contribution in [0.2, 0.25) is 0 Å². The van der Waals surface area contributed by atoms with Gasteiger partial charge in [0.25, 0.3) is 0 Å². The average molecular weight is 183 g/mol. The van der Waals surface area contributed by atoms with Gasteiger partial charge in [-0.2, -0.15) is 0 Å². The first-order valence-electron chi connectivity index (χ1n) is 4.25. The fourth-order valence-electron chi connectivity index (χ4n) is 1.09. The molecule has 1 aromatic rings. The van der Waals surface area contributed by atoms with Crippen molar-refractivity contribution in [2.45, 2.75) is 20.3 Å². The lowest BCUT2D eigenvalue weighted by atomic mass is 9.89. The summed E-state index contributed by atoms with van der Waals surface area (Å²) in [7, 11) is 0. The molecular weight excluding hydrogens is 169 g/mol. The smallest absolute Gasteiger partial charge is 0.126 e. The van der Waals surface area contributed by atoms with Gasteiger partial charge in [-0.15, -0.1) is 0 Å². The van der Waals surface area contributed by atoms with Crippen LogP contribution in [0.3, 0.4) is 0 Å². The van der Waals surface area contributed by atoms with Crippen molar-refractivity contribution < 1.29 is 9.50 Å². The minimum Gasteiger partial charge on any atom is -0.396 e. The summed E-state index contributed by atoms with van der Waals surface area (Å²) in [6.45, 7) is 3.91. The monoisotopic (exact) mass is 183 g/mol. The van der Waals surface area contributed by atoms with Crippen LogP contribution in [0, 0.1) is 11.2 Å². The van der Waals surface area contributed by atoms with Gasteiger partial charge in [0.2, 0.25) is 0 Å². The van der Waals surface area contributed by atoms with Crippen molar-refractivity contribution in [3.05, 3.63) is 29.8 Å². The lowest BCUT2D eigenvalue weighted by molar-refractivity contribution is 0.158. The van der Waals surface area contributed by atoms with Gasteiger partial charge in [0.1, 0.15) is 5.82 Å². The molecule has 0 bridgehead atoms. The fourth-order valence-corrected chi connectivity index (χ4v) is 1.09. The molecule has 0 saturated carbocycles. The van der Waals surface area contributed by atoms with Gasteiger partial charge < -0.3 is 5.11 Å². The maximum absolute atomic E-state index is 12.7. The lowest BCUT2D eigenvalue weighted by Crippen LogP contribution is -2.20. The van der Waals surface area contributed by atoms with E-state index < -0.39 is 0 Å². The van der Waals surface area contributed by atoms with E-state index >= 15 is 0 Å². The molecule has 0 aliphatic rings. The second-order valence-corrected chi connectivity index (χ2v) is 3.96. The minimum absolute atomic E-state index is 0.0746. The standard InChI is InChI=1S/C10H14FNO/c1-10(2,7-13)6-9-5-8(11)3-4-12-9/h3-5,13H,6-7H2,1-2H3. The van der Waals surface area contributed by atoms with Crippen LogP contribution < -0.4 is 0 Å². The Morgan fingerprint density at radius 1 is 1.54 bits per heavy atom. The quantitative estimate of drug-likeness (QED) is 0.774. The van der Waals surface area contributed by atoms with E-state index in [1.807, 2.05) is 13.8 Å². The highest BCUT2D eigenvalue weighted by molar-refractivity contribution is 5.07. The molecule has 0 saturated heterocycles. The maximum atomic E-state index is 12.7. The number of halogens is 1. The Bertz CT molecular complexity index is 286. The Hall–Kier alpha value is -0.960. The molecule has 3 heteroatoms. The molecule has 0 spiro atoms. The normalized spacial score (nSPS) is 11.7. The molecule has 0 atom stereocenters. The van der Waals surface area contributed by atoms with Gasteiger partial charge in [0, 0.05) is 18.5 Å². The highest BCUT2D eigenvalue weighted by atomic mass is 19.1. The molecule has 1 aromatic heterocycles. The van der Waals surface area contributed by atoms with Crippen molar-refractivity contribution >= 4 is 0 Å². The molecule has 1 N–H and O–H groups in total. The highest BCUT2D eigenvalue weighted by Gasteiger charge is 2.17. The number of rotatable bonds is 3. The van der Waals surface area contributed by atoms with E-state index in [4.69, 9.17) is 5.11 Å². The molecule has 0 fully saturated rings. The Balaban J connectivity index is 2.74. The number of aliphatic hydroxyl groups is 1. The first-order valence-corrected chi connectivity index (χ1v) is 4.25. The van der Waals surface area contributed by atoms with E-state index in [9.17, 15) is 4.39 Å². The zero-order valence-corrected chi connectivity index (χ0v) is 7.92. The van der Waals surface area contributed by atoms with E-state index in [-0.39, 0.29) is 17.8 Å². The number of nitrogens with zero attached hydrogens (tertiary/aromatic N) is 1. The van der Waals surface area contributed by atoms with Gasteiger partial charge in [-0.05, 0) is 24.0 Å². The summed E-state index contributed by atoms with van der Waals surface area (Å²) in [5, 5.41) is 9.00. The van der Waals surface area contributed by atoms with Crippen molar-refractivity contribution in [1.82, 2.24) is 4.98 Å². The Morgan fingerprint density at radius 2 is 2.23 bits per heavy atom. The number of hydrogen-bond donors (Lipinski definition) is 1. The molecule has 1 heterocycles. The SMILES string of the molecule is CC(C)(CO)Cc1cc(F)ccn1. The summed E-state index contributed by atoms with van der Waals surface area (Å²) in [6, 6.07) is 2.72. The number of aliphatic hydroxyl groups excluding tert-OH is 1. The van der Waals surface area contributed by atoms with Crippen LogP contribution in [0.4, 0.5) is 4.39 Å². The van der Waals surface area contributed by atoms with Crippen molar-refractivity contribution in [3.63, 3.8) is 0 Å². The highest BCUT2D eigenvalue weighted by Crippen LogP contribution is 2.19. The molecule has 0 amide bonds. The van der Waals surface area contributed by atoms with Gasteiger partial charge in [-0.1, -0.05) is 13.8 Å². The molecule has 13 heavy (non-hydrogen) atoms. The zero-order valence-electron chi connectivity index (χ0n) is 7.92. The molecule has 0 radical (unpaired) electrons. The third kappa shape index (κ3) is 3.11. The largest absolute Gasteiger partial charge is 0.396 e. The molecular formula is C10H14FNO. The summed E-state index contributed by atoms with van der Waals surface area (Å²) in [5.74, 6) is -0.279. The van der Waals surface area contributed by atoms with Crippen molar-refractivity contribution in [2.75, 3.05) is 6.61 Å². The predicted octanol–water partition coefficient (Wildman–Crippen LogP) is 1.78. The van der Waals surface area contributed by atoms with Gasteiger partial charge in [-0.25, -0.2) is 4.39 Å².